The lowest BCUT2D eigenvalue weighted by molar-refractivity contribution is -0.153. The first-order valence-electron chi connectivity index (χ1n) is 12.4. The normalized spacial score (nSPS) is 26.8. The zero-order chi connectivity index (χ0) is 27.8. The Morgan fingerprint density at radius 2 is 1.74 bits per heavy atom. The number of rotatable bonds is 3. The minimum atomic E-state index is -2.65. The smallest absolute Gasteiger partial charge is 0.255 e. The zero-order valence-corrected chi connectivity index (χ0v) is 21.6. The highest BCUT2D eigenvalue weighted by atomic mass is 16.3. The fourth-order valence-electron chi connectivity index (χ4n) is 6.42. The molecular weight excluding hydrogens is 488 g/mol. The average molecular weight is 519 g/mol. The number of ketones is 2. The number of fused-ring (bicyclic) bond motifs is 3. The number of carbonyl (C=O) groups is 3. The number of amides is 1. The molecular formula is C29H30N2O7. The van der Waals surface area contributed by atoms with Crippen LogP contribution in [0.3, 0.4) is 0 Å². The van der Waals surface area contributed by atoms with E-state index in [1.807, 2.05) is 32.0 Å². The Morgan fingerprint density at radius 3 is 2.34 bits per heavy atom. The molecule has 198 valence electrons. The summed E-state index contributed by atoms with van der Waals surface area (Å²) in [5.41, 5.74) is 6.28. The summed E-state index contributed by atoms with van der Waals surface area (Å²) >= 11 is 0. The van der Waals surface area contributed by atoms with Crippen LogP contribution in [0.1, 0.15) is 28.7 Å². The van der Waals surface area contributed by atoms with Crippen molar-refractivity contribution in [3.63, 3.8) is 0 Å². The standard InChI is InChI=1S/C29H30N2O7/c1-12-5-6-14(9-13(12)2)16-7-8-19(32)21-17(16)10-15-11-18-23(31(3)4)25(34)22(28(30)37)27(36)29(18,38)26(35)20(15)24(21)33/h5-9,15,18,23,32-33,36,38H,10-11H2,1-4H3,(H2,30,37)/t15-,18-,23-,29-/m1/s1. The van der Waals surface area contributed by atoms with Gasteiger partial charge in [-0.15, -0.1) is 0 Å². The van der Waals surface area contributed by atoms with E-state index in [9.17, 15) is 34.8 Å². The van der Waals surface area contributed by atoms with Gasteiger partial charge in [-0.1, -0.05) is 24.3 Å². The summed E-state index contributed by atoms with van der Waals surface area (Å²) in [4.78, 5) is 40.7. The molecule has 5 rings (SSSR count). The molecule has 0 unspecified atom stereocenters. The van der Waals surface area contributed by atoms with Crippen LogP contribution in [0.2, 0.25) is 0 Å². The molecule has 3 aliphatic rings. The van der Waals surface area contributed by atoms with Crippen LogP contribution in [-0.4, -0.2) is 68.5 Å². The molecule has 0 aliphatic heterocycles. The number of carbonyl (C=O) groups excluding carboxylic acids is 3. The fourth-order valence-corrected chi connectivity index (χ4v) is 6.42. The van der Waals surface area contributed by atoms with Gasteiger partial charge in [-0.3, -0.25) is 19.3 Å². The lowest BCUT2D eigenvalue weighted by Crippen LogP contribution is -2.65. The second-order valence-corrected chi connectivity index (χ2v) is 10.7. The van der Waals surface area contributed by atoms with E-state index in [1.165, 1.54) is 11.0 Å². The van der Waals surface area contributed by atoms with Gasteiger partial charge >= 0.3 is 0 Å². The number of primary amides is 1. The highest BCUT2D eigenvalue weighted by Crippen LogP contribution is 2.53. The number of aliphatic hydroxyl groups excluding tert-OH is 2. The second kappa shape index (κ2) is 8.54. The molecule has 0 spiro atoms. The van der Waals surface area contributed by atoms with Crippen LogP contribution in [0.15, 0.2) is 47.2 Å². The molecule has 0 aromatic heterocycles. The molecule has 0 heterocycles. The molecule has 9 heteroatoms. The predicted molar refractivity (Wildman–Crippen MR) is 139 cm³/mol. The number of hydrogen-bond donors (Lipinski definition) is 5. The Morgan fingerprint density at radius 1 is 1.05 bits per heavy atom. The third-order valence-corrected chi connectivity index (χ3v) is 8.42. The third-order valence-electron chi connectivity index (χ3n) is 8.42. The quantitative estimate of drug-likeness (QED) is 0.387. The third kappa shape index (κ3) is 3.35. The van der Waals surface area contributed by atoms with Gasteiger partial charge in [-0.2, -0.15) is 0 Å². The number of aromatic hydroxyl groups is 1. The SMILES string of the molecule is Cc1ccc(-c2ccc(O)c3c2C[C@@H]2C[C@@H]4[C@@H](N(C)C)C(=O)C(C(N)=O)=C(O)[C@]4(O)C(=O)C2=C3O)cc1C. The molecule has 9 nitrogen and oxygen atoms in total. The number of nitrogens with zero attached hydrogens (tertiary/aromatic N) is 1. The van der Waals surface area contributed by atoms with E-state index in [0.29, 0.717) is 5.56 Å². The largest absolute Gasteiger partial charge is 0.508 e. The maximum absolute atomic E-state index is 13.9. The van der Waals surface area contributed by atoms with Crippen LogP contribution >= 0.6 is 0 Å². The summed E-state index contributed by atoms with van der Waals surface area (Å²) in [6.45, 7) is 3.99. The minimum Gasteiger partial charge on any atom is -0.508 e. The summed E-state index contributed by atoms with van der Waals surface area (Å²) in [6.07, 6.45) is 0.291. The Hall–Kier alpha value is -3.95. The van der Waals surface area contributed by atoms with Crippen molar-refractivity contribution in [2.45, 2.75) is 38.3 Å². The van der Waals surface area contributed by atoms with Gasteiger partial charge in [0.2, 0.25) is 5.78 Å². The minimum absolute atomic E-state index is 0.0494. The van der Waals surface area contributed by atoms with Gasteiger partial charge in [0.15, 0.2) is 11.4 Å². The first-order valence-corrected chi connectivity index (χ1v) is 12.4. The molecule has 38 heavy (non-hydrogen) atoms. The van der Waals surface area contributed by atoms with Gasteiger partial charge in [-0.05, 0) is 80.6 Å². The Bertz CT molecular complexity index is 1500. The molecule has 6 N–H and O–H groups in total. The van der Waals surface area contributed by atoms with Gasteiger partial charge in [0.25, 0.3) is 5.91 Å². The van der Waals surface area contributed by atoms with E-state index in [-0.39, 0.29) is 29.7 Å². The summed E-state index contributed by atoms with van der Waals surface area (Å²) in [5, 5.41) is 44.8. The number of aliphatic hydroxyl groups is 3. The summed E-state index contributed by atoms with van der Waals surface area (Å²) in [5.74, 6) is -6.61. The molecule has 2 aromatic carbocycles. The second-order valence-electron chi connectivity index (χ2n) is 10.7. The van der Waals surface area contributed by atoms with Crippen molar-refractivity contribution < 1.29 is 34.8 Å². The van der Waals surface area contributed by atoms with Crippen LogP contribution in [0.4, 0.5) is 0 Å². The van der Waals surface area contributed by atoms with Crippen LogP contribution < -0.4 is 5.73 Å². The van der Waals surface area contributed by atoms with Gasteiger partial charge in [0.05, 0.1) is 11.6 Å². The van der Waals surface area contributed by atoms with E-state index >= 15 is 0 Å². The number of likely N-dealkylation sites (N-methyl/N-ethyl adjacent to an activating group) is 1. The molecule has 1 saturated carbocycles. The number of benzene rings is 2. The average Bonchev–Trinajstić information content (AvgIpc) is 2.83. The van der Waals surface area contributed by atoms with Crippen molar-refractivity contribution in [1.82, 2.24) is 4.90 Å². The first kappa shape index (κ1) is 25.7. The lowest BCUT2D eigenvalue weighted by atomic mass is 9.57. The molecule has 1 amide bonds. The Balaban J connectivity index is 1.74. The number of aryl methyl sites for hydroxylation is 2. The Kier molecular flexibility index (Phi) is 5.77. The summed E-state index contributed by atoms with van der Waals surface area (Å²) < 4.78 is 0. The molecule has 0 bridgehead atoms. The Labute approximate surface area is 219 Å². The number of Topliss-reactive ketones (excluding diaryl/α,β-unsaturated/α-hetero) is 2. The van der Waals surface area contributed by atoms with E-state index in [1.54, 1.807) is 20.2 Å². The van der Waals surface area contributed by atoms with Gasteiger partial charge in [-0.25, -0.2) is 0 Å². The van der Waals surface area contributed by atoms with Crippen molar-refractivity contribution in [2.24, 2.45) is 17.6 Å². The predicted octanol–water partition coefficient (Wildman–Crippen LogP) is 2.25. The number of hydrogen-bond acceptors (Lipinski definition) is 8. The molecule has 4 atom stereocenters. The van der Waals surface area contributed by atoms with Crippen molar-refractivity contribution in [3.05, 3.63) is 69.5 Å². The van der Waals surface area contributed by atoms with Crippen molar-refractivity contribution in [1.29, 1.82) is 0 Å². The monoisotopic (exact) mass is 518 g/mol. The molecule has 3 aliphatic carbocycles. The van der Waals surface area contributed by atoms with Crippen molar-refractivity contribution >= 4 is 23.2 Å². The van der Waals surface area contributed by atoms with E-state index in [0.717, 1.165) is 22.3 Å². The highest BCUT2D eigenvalue weighted by Gasteiger charge is 2.64. The highest BCUT2D eigenvalue weighted by molar-refractivity contribution is 6.24. The summed E-state index contributed by atoms with van der Waals surface area (Å²) in [7, 11) is 3.15. The molecule has 0 saturated heterocycles. The van der Waals surface area contributed by atoms with Crippen LogP contribution in [0.25, 0.3) is 16.9 Å². The van der Waals surface area contributed by atoms with E-state index in [4.69, 9.17) is 5.73 Å². The summed E-state index contributed by atoms with van der Waals surface area (Å²) in [6, 6.07) is 8.04. The number of nitrogens with two attached hydrogens (primary N) is 1. The zero-order valence-electron chi connectivity index (χ0n) is 21.6. The molecule has 1 fully saturated rings. The van der Waals surface area contributed by atoms with Crippen LogP contribution in [0.5, 0.6) is 5.75 Å². The number of phenols is 1. The van der Waals surface area contributed by atoms with Gasteiger partial charge < -0.3 is 26.2 Å². The van der Waals surface area contributed by atoms with Crippen molar-refractivity contribution in [3.8, 4) is 16.9 Å². The van der Waals surface area contributed by atoms with Gasteiger partial charge in [0.1, 0.15) is 22.8 Å². The van der Waals surface area contributed by atoms with E-state index < -0.39 is 58.0 Å². The fraction of sp³-hybridized carbons (Fsp3) is 0.345. The van der Waals surface area contributed by atoms with Crippen LogP contribution in [0, 0.1) is 25.7 Å². The van der Waals surface area contributed by atoms with Crippen LogP contribution in [-0.2, 0) is 20.8 Å². The van der Waals surface area contributed by atoms with Crippen molar-refractivity contribution in [2.75, 3.05) is 14.1 Å². The maximum Gasteiger partial charge on any atom is 0.255 e. The first-order chi connectivity index (χ1) is 17.8. The topological polar surface area (TPSA) is 161 Å². The number of phenolic OH excluding ortho intramolecular Hbond substituents is 1. The molecule has 0 radical (unpaired) electrons. The molecule has 2 aromatic rings. The van der Waals surface area contributed by atoms with E-state index in [2.05, 4.69) is 0 Å². The maximum atomic E-state index is 13.9. The lowest BCUT2D eigenvalue weighted by Gasteiger charge is -2.50. The van der Waals surface area contributed by atoms with Gasteiger partial charge in [0, 0.05) is 11.5 Å².